The van der Waals surface area contributed by atoms with E-state index in [0.717, 1.165) is 4.47 Å². The van der Waals surface area contributed by atoms with E-state index < -0.39 is 5.82 Å². The lowest BCUT2D eigenvalue weighted by molar-refractivity contribution is 0.0697. The van der Waals surface area contributed by atoms with Gasteiger partial charge in [0.05, 0.1) is 0 Å². The van der Waals surface area contributed by atoms with Gasteiger partial charge in [0.2, 0.25) is 0 Å². The van der Waals surface area contributed by atoms with Gasteiger partial charge in [0, 0.05) is 34.7 Å². The molecule has 3 rings (SSSR count). The van der Waals surface area contributed by atoms with Crippen molar-refractivity contribution in [1.29, 1.82) is 0 Å². The van der Waals surface area contributed by atoms with E-state index in [4.69, 9.17) is 0 Å². The predicted molar refractivity (Wildman–Crippen MR) is 96.9 cm³/mol. The molecule has 0 aliphatic carbocycles. The van der Waals surface area contributed by atoms with Crippen LogP contribution in [0.3, 0.4) is 0 Å². The molecule has 4 nitrogen and oxygen atoms in total. The second-order valence-electron chi connectivity index (χ2n) is 6.06. The quantitative estimate of drug-likeness (QED) is 0.848. The molecule has 2 aromatic rings. The van der Waals surface area contributed by atoms with Crippen molar-refractivity contribution in [2.24, 2.45) is 0 Å². The van der Waals surface area contributed by atoms with Crippen LogP contribution in [0.2, 0.25) is 0 Å². The minimum absolute atomic E-state index is 0.0306. The zero-order chi connectivity index (χ0) is 17.8. The van der Waals surface area contributed by atoms with E-state index in [1.54, 1.807) is 23.1 Å². The number of rotatable bonds is 3. The Labute approximate surface area is 154 Å². The number of carbonyl (C=O) groups is 2. The highest BCUT2D eigenvalue weighted by molar-refractivity contribution is 9.10. The number of hydrogen-bond donors (Lipinski definition) is 1. The summed E-state index contributed by atoms with van der Waals surface area (Å²) >= 11 is 3.36. The molecular formula is C19H18BrFN2O2. The molecule has 1 fully saturated rings. The van der Waals surface area contributed by atoms with Crippen molar-refractivity contribution < 1.29 is 14.0 Å². The number of carbonyl (C=O) groups excluding carboxylic acids is 2. The first-order valence-corrected chi connectivity index (χ1v) is 8.93. The molecule has 6 heteroatoms. The van der Waals surface area contributed by atoms with Gasteiger partial charge in [0.1, 0.15) is 5.82 Å². The van der Waals surface area contributed by atoms with Gasteiger partial charge in [-0.15, -0.1) is 0 Å². The molecule has 1 N–H and O–H groups in total. The van der Waals surface area contributed by atoms with Crippen LogP contribution in [0.15, 0.2) is 53.0 Å². The van der Waals surface area contributed by atoms with E-state index in [-0.39, 0.29) is 17.9 Å². The predicted octanol–water partition coefficient (Wildman–Crippen LogP) is 3.62. The van der Waals surface area contributed by atoms with Crippen LogP contribution < -0.4 is 5.32 Å². The fraction of sp³-hybridized carbons (Fsp3) is 0.263. The molecule has 0 bridgehead atoms. The third kappa shape index (κ3) is 4.45. The number of nitrogens with zero attached hydrogens (tertiary/aromatic N) is 1. The van der Waals surface area contributed by atoms with Crippen molar-refractivity contribution >= 4 is 27.7 Å². The molecular weight excluding hydrogens is 387 g/mol. The number of hydrogen-bond acceptors (Lipinski definition) is 2. The highest BCUT2D eigenvalue weighted by Gasteiger charge is 2.25. The van der Waals surface area contributed by atoms with Crippen molar-refractivity contribution in [2.45, 2.75) is 18.9 Å². The summed E-state index contributed by atoms with van der Waals surface area (Å²) in [5.74, 6) is -0.700. The third-order valence-electron chi connectivity index (χ3n) is 4.28. The molecule has 0 unspecified atom stereocenters. The lowest BCUT2D eigenvalue weighted by Gasteiger charge is -2.32. The second kappa shape index (κ2) is 7.78. The number of nitrogens with one attached hydrogen (secondary N) is 1. The fourth-order valence-corrected chi connectivity index (χ4v) is 3.33. The van der Waals surface area contributed by atoms with Crippen molar-refractivity contribution in [3.8, 4) is 0 Å². The zero-order valence-electron chi connectivity index (χ0n) is 13.5. The Hall–Kier alpha value is -2.21. The van der Waals surface area contributed by atoms with Gasteiger partial charge in [0.15, 0.2) is 0 Å². The Kier molecular flexibility index (Phi) is 5.48. The van der Waals surface area contributed by atoms with Crippen molar-refractivity contribution in [3.63, 3.8) is 0 Å². The fourth-order valence-electron chi connectivity index (χ4n) is 2.93. The second-order valence-corrected chi connectivity index (χ2v) is 6.98. The monoisotopic (exact) mass is 404 g/mol. The lowest BCUT2D eigenvalue weighted by atomic mass is 10.0. The van der Waals surface area contributed by atoms with Crippen LogP contribution in [0, 0.1) is 5.82 Å². The van der Waals surface area contributed by atoms with Gasteiger partial charge >= 0.3 is 0 Å². The van der Waals surface area contributed by atoms with Crippen LogP contribution in [-0.4, -0.2) is 35.8 Å². The molecule has 0 spiro atoms. The molecule has 1 saturated heterocycles. The van der Waals surface area contributed by atoms with Gasteiger partial charge in [-0.3, -0.25) is 9.59 Å². The Morgan fingerprint density at radius 2 is 1.72 bits per heavy atom. The molecule has 2 aromatic carbocycles. The SMILES string of the molecule is O=C(NC1CCN(C(=O)c2cccc(F)c2)CC1)c1cccc(Br)c1. The van der Waals surface area contributed by atoms with E-state index in [1.807, 2.05) is 12.1 Å². The maximum absolute atomic E-state index is 13.3. The number of benzene rings is 2. The normalized spacial score (nSPS) is 15.0. The van der Waals surface area contributed by atoms with Gasteiger partial charge in [-0.25, -0.2) is 4.39 Å². The largest absolute Gasteiger partial charge is 0.349 e. The van der Waals surface area contributed by atoms with Crippen LogP contribution in [0.4, 0.5) is 4.39 Å². The minimum atomic E-state index is -0.415. The summed E-state index contributed by atoms with van der Waals surface area (Å²) < 4.78 is 14.1. The van der Waals surface area contributed by atoms with Gasteiger partial charge in [0.25, 0.3) is 11.8 Å². The summed E-state index contributed by atoms with van der Waals surface area (Å²) in [6.45, 7) is 1.08. The maximum Gasteiger partial charge on any atom is 0.253 e. The molecule has 1 aliphatic heterocycles. The summed E-state index contributed by atoms with van der Waals surface area (Å²) in [6, 6.07) is 13.0. The molecule has 25 heavy (non-hydrogen) atoms. The van der Waals surface area contributed by atoms with E-state index in [0.29, 0.717) is 37.1 Å². The first-order valence-electron chi connectivity index (χ1n) is 8.14. The zero-order valence-corrected chi connectivity index (χ0v) is 15.1. The van der Waals surface area contributed by atoms with Crippen LogP contribution in [0.1, 0.15) is 33.6 Å². The highest BCUT2D eigenvalue weighted by atomic mass is 79.9. The van der Waals surface area contributed by atoms with Crippen molar-refractivity contribution in [3.05, 3.63) is 69.9 Å². The Balaban J connectivity index is 1.55. The first kappa shape index (κ1) is 17.6. The summed E-state index contributed by atoms with van der Waals surface area (Å²) in [5.41, 5.74) is 0.962. The summed E-state index contributed by atoms with van der Waals surface area (Å²) in [6.07, 6.45) is 1.36. The highest BCUT2D eigenvalue weighted by Crippen LogP contribution is 2.16. The number of amides is 2. The van der Waals surface area contributed by atoms with Crippen LogP contribution in [0.5, 0.6) is 0 Å². The van der Waals surface area contributed by atoms with Crippen LogP contribution >= 0.6 is 15.9 Å². The molecule has 2 amide bonds. The van der Waals surface area contributed by atoms with Gasteiger partial charge < -0.3 is 10.2 Å². The number of likely N-dealkylation sites (tertiary alicyclic amines) is 1. The molecule has 0 aromatic heterocycles. The number of piperidine rings is 1. The Morgan fingerprint density at radius 3 is 2.40 bits per heavy atom. The molecule has 1 aliphatic rings. The van der Waals surface area contributed by atoms with Gasteiger partial charge in [-0.1, -0.05) is 28.1 Å². The van der Waals surface area contributed by atoms with Crippen molar-refractivity contribution in [1.82, 2.24) is 10.2 Å². The van der Waals surface area contributed by atoms with E-state index in [1.165, 1.54) is 18.2 Å². The van der Waals surface area contributed by atoms with Crippen molar-refractivity contribution in [2.75, 3.05) is 13.1 Å². The van der Waals surface area contributed by atoms with Gasteiger partial charge in [-0.2, -0.15) is 0 Å². The summed E-state index contributed by atoms with van der Waals surface area (Å²) in [4.78, 5) is 26.4. The van der Waals surface area contributed by atoms with E-state index >= 15 is 0 Å². The lowest BCUT2D eigenvalue weighted by Crippen LogP contribution is -2.46. The van der Waals surface area contributed by atoms with Crippen LogP contribution in [0.25, 0.3) is 0 Å². The Bertz CT molecular complexity index is 788. The first-order chi connectivity index (χ1) is 12.0. The van der Waals surface area contributed by atoms with E-state index in [2.05, 4.69) is 21.2 Å². The van der Waals surface area contributed by atoms with Gasteiger partial charge in [-0.05, 0) is 49.2 Å². The molecule has 1 heterocycles. The Morgan fingerprint density at radius 1 is 1.04 bits per heavy atom. The maximum atomic E-state index is 13.3. The molecule has 0 atom stereocenters. The minimum Gasteiger partial charge on any atom is -0.349 e. The average Bonchev–Trinajstić information content (AvgIpc) is 2.62. The number of halogens is 2. The summed E-state index contributed by atoms with van der Waals surface area (Å²) in [7, 11) is 0. The third-order valence-corrected chi connectivity index (χ3v) is 4.77. The van der Waals surface area contributed by atoms with Crippen LogP contribution in [-0.2, 0) is 0 Å². The smallest absolute Gasteiger partial charge is 0.253 e. The molecule has 0 saturated carbocycles. The molecule has 130 valence electrons. The summed E-state index contributed by atoms with van der Waals surface area (Å²) in [5, 5.41) is 3.01. The standard InChI is InChI=1S/C19H18BrFN2O2/c20-15-5-1-3-13(11-15)18(24)22-17-7-9-23(10-8-17)19(25)14-4-2-6-16(21)12-14/h1-6,11-12,17H,7-10H2,(H,22,24). The van der Waals surface area contributed by atoms with E-state index in [9.17, 15) is 14.0 Å². The average molecular weight is 405 g/mol. The topological polar surface area (TPSA) is 49.4 Å². The molecule has 0 radical (unpaired) electrons.